The molecule has 1 atom stereocenters. The van der Waals surface area contributed by atoms with Crippen LogP contribution >= 0.6 is 0 Å². The molecule has 1 aliphatic rings. The smallest absolute Gasteiger partial charge is 0.127 e. The van der Waals surface area contributed by atoms with Crippen LogP contribution in [0.15, 0.2) is 24.3 Å². The fraction of sp³-hybridized carbons (Fsp3) is 0.467. The molecular formula is C15H17NO. The van der Waals surface area contributed by atoms with E-state index < -0.39 is 0 Å². The van der Waals surface area contributed by atoms with Crippen molar-refractivity contribution in [1.29, 1.82) is 5.26 Å². The number of rotatable bonds is 3. The third-order valence-corrected chi connectivity index (χ3v) is 3.73. The number of carbonyl (C=O) groups is 1. The second-order valence-corrected chi connectivity index (χ2v) is 4.79. The standard InChI is InChI=1S/C15H17NO/c16-10-12-6-8-14(9-7-12)15(11-17)13-4-2-1-3-5-13/h6-9,11,13,15H,1-5H2. The highest BCUT2D eigenvalue weighted by Gasteiger charge is 2.24. The summed E-state index contributed by atoms with van der Waals surface area (Å²) in [7, 11) is 0. The first-order valence-electron chi connectivity index (χ1n) is 6.30. The Kier molecular flexibility index (Phi) is 3.93. The van der Waals surface area contributed by atoms with Crippen LogP contribution in [0.1, 0.15) is 49.1 Å². The van der Waals surface area contributed by atoms with Crippen molar-refractivity contribution in [2.75, 3.05) is 0 Å². The zero-order valence-electron chi connectivity index (χ0n) is 9.93. The molecule has 0 amide bonds. The van der Waals surface area contributed by atoms with Gasteiger partial charge in [0.25, 0.3) is 0 Å². The van der Waals surface area contributed by atoms with Gasteiger partial charge in [-0.25, -0.2) is 0 Å². The fourth-order valence-electron chi connectivity index (χ4n) is 2.74. The summed E-state index contributed by atoms with van der Waals surface area (Å²) in [6.07, 6.45) is 7.18. The average Bonchev–Trinajstić information content (AvgIpc) is 2.42. The summed E-state index contributed by atoms with van der Waals surface area (Å²) in [5.74, 6) is 0.511. The van der Waals surface area contributed by atoms with E-state index in [1.165, 1.54) is 19.3 Å². The molecule has 0 spiro atoms. The molecule has 0 aromatic heterocycles. The molecule has 0 bridgehead atoms. The Morgan fingerprint density at radius 3 is 2.35 bits per heavy atom. The molecule has 0 N–H and O–H groups in total. The quantitative estimate of drug-likeness (QED) is 0.742. The Morgan fingerprint density at radius 1 is 1.18 bits per heavy atom. The Labute approximate surface area is 102 Å². The minimum absolute atomic E-state index is 0.0167. The maximum Gasteiger partial charge on any atom is 0.127 e. The Bertz CT molecular complexity index is 410. The molecule has 2 nitrogen and oxygen atoms in total. The first kappa shape index (κ1) is 11.9. The Balaban J connectivity index is 2.16. The summed E-state index contributed by atoms with van der Waals surface area (Å²) < 4.78 is 0. The van der Waals surface area contributed by atoms with E-state index in [2.05, 4.69) is 6.07 Å². The number of hydrogen-bond acceptors (Lipinski definition) is 2. The first-order valence-corrected chi connectivity index (χ1v) is 6.30. The normalized spacial score (nSPS) is 18.3. The van der Waals surface area contributed by atoms with Crippen LogP contribution in [0.25, 0.3) is 0 Å². The van der Waals surface area contributed by atoms with Gasteiger partial charge in [0.1, 0.15) is 6.29 Å². The predicted molar refractivity (Wildman–Crippen MR) is 66.5 cm³/mol. The van der Waals surface area contributed by atoms with Crippen molar-refractivity contribution in [3.05, 3.63) is 35.4 Å². The second-order valence-electron chi connectivity index (χ2n) is 4.79. The van der Waals surface area contributed by atoms with Gasteiger partial charge >= 0.3 is 0 Å². The highest BCUT2D eigenvalue weighted by molar-refractivity contribution is 5.63. The van der Waals surface area contributed by atoms with Crippen molar-refractivity contribution in [1.82, 2.24) is 0 Å². The Hall–Kier alpha value is -1.62. The van der Waals surface area contributed by atoms with Crippen LogP contribution in [0, 0.1) is 17.2 Å². The predicted octanol–water partition coefficient (Wildman–Crippen LogP) is 3.42. The molecule has 1 aliphatic carbocycles. The number of nitriles is 1. The molecule has 88 valence electrons. The van der Waals surface area contributed by atoms with Gasteiger partial charge in [0.15, 0.2) is 0 Å². The van der Waals surface area contributed by atoms with Crippen LogP contribution in [0.3, 0.4) is 0 Å². The lowest BCUT2D eigenvalue weighted by Gasteiger charge is -2.26. The van der Waals surface area contributed by atoms with Crippen molar-refractivity contribution in [3.8, 4) is 6.07 Å². The summed E-state index contributed by atoms with van der Waals surface area (Å²) in [6.45, 7) is 0. The summed E-state index contributed by atoms with van der Waals surface area (Å²) >= 11 is 0. The minimum atomic E-state index is 0.0167. The van der Waals surface area contributed by atoms with Crippen molar-refractivity contribution >= 4 is 6.29 Å². The number of hydrogen-bond donors (Lipinski definition) is 0. The van der Waals surface area contributed by atoms with Crippen molar-refractivity contribution in [2.45, 2.75) is 38.0 Å². The molecule has 1 aromatic carbocycles. The summed E-state index contributed by atoms with van der Waals surface area (Å²) in [5, 5.41) is 8.75. The lowest BCUT2D eigenvalue weighted by atomic mass is 9.77. The van der Waals surface area contributed by atoms with E-state index in [4.69, 9.17) is 5.26 Å². The molecule has 1 saturated carbocycles. The van der Waals surface area contributed by atoms with Crippen LogP contribution < -0.4 is 0 Å². The fourth-order valence-corrected chi connectivity index (χ4v) is 2.74. The van der Waals surface area contributed by atoms with Gasteiger partial charge in [-0.15, -0.1) is 0 Å². The summed E-state index contributed by atoms with van der Waals surface area (Å²) in [4.78, 5) is 11.3. The van der Waals surface area contributed by atoms with Crippen molar-refractivity contribution < 1.29 is 4.79 Å². The van der Waals surface area contributed by atoms with Crippen LogP contribution in [0.2, 0.25) is 0 Å². The maximum absolute atomic E-state index is 11.3. The van der Waals surface area contributed by atoms with Crippen LogP contribution in [0.4, 0.5) is 0 Å². The SMILES string of the molecule is N#Cc1ccc(C(C=O)C2CCCCC2)cc1. The molecule has 1 fully saturated rings. The van der Waals surface area contributed by atoms with Crippen LogP contribution in [0.5, 0.6) is 0 Å². The van der Waals surface area contributed by atoms with Crippen molar-refractivity contribution in [2.24, 2.45) is 5.92 Å². The van der Waals surface area contributed by atoms with Gasteiger partial charge in [-0.05, 0) is 36.5 Å². The van der Waals surface area contributed by atoms with E-state index in [0.29, 0.717) is 11.5 Å². The van der Waals surface area contributed by atoms with Crippen LogP contribution in [-0.4, -0.2) is 6.29 Å². The van der Waals surface area contributed by atoms with Gasteiger partial charge < -0.3 is 4.79 Å². The largest absolute Gasteiger partial charge is 0.303 e. The van der Waals surface area contributed by atoms with Gasteiger partial charge in [-0.1, -0.05) is 31.4 Å². The average molecular weight is 227 g/mol. The monoisotopic (exact) mass is 227 g/mol. The highest BCUT2D eigenvalue weighted by Crippen LogP contribution is 2.34. The zero-order chi connectivity index (χ0) is 12.1. The van der Waals surface area contributed by atoms with E-state index in [-0.39, 0.29) is 5.92 Å². The van der Waals surface area contributed by atoms with E-state index in [1.54, 1.807) is 12.1 Å². The van der Waals surface area contributed by atoms with Gasteiger partial charge in [0.2, 0.25) is 0 Å². The first-order chi connectivity index (χ1) is 8.35. The van der Waals surface area contributed by atoms with Gasteiger partial charge in [-0.2, -0.15) is 5.26 Å². The van der Waals surface area contributed by atoms with Gasteiger partial charge in [0.05, 0.1) is 11.6 Å². The lowest BCUT2D eigenvalue weighted by Crippen LogP contribution is -2.17. The maximum atomic E-state index is 11.3. The molecule has 0 saturated heterocycles. The molecule has 0 heterocycles. The number of benzene rings is 1. The van der Waals surface area contributed by atoms with E-state index >= 15 is 0 Å². The van der Waals surface area contributed by atoms with E-state index in [9.17, 15) is 4.79 Å². The second kappa shape index (κ2) is 5.63. The Morgan fingerprint density at radius 2 is 1.82 bits per heavy atom. The molecule has 2 rings (SSSR count). The molecule has 0 radical (unpaired) electrons. The lowest BCUT2D eigenvalue weighted by molar-refractivity contribution is -0.110. The molecule has 1 unspecified atom stereocenters. The molecule has 1 aromatic rings. The molecule has 2 heteroatoms. The van der Waals surface area contributed by atoms with Crippen molar-refractivity contribution in [3.63, 3.8) is 0 Å². The third-order valence-electron chi connectivity index (χ3n) is 3.73. The van der Waals surface area contributed by atoms with Gasteiger partial charge in [-0.3, -0.25) is 0 Å². The van der Waals surface area contributed by atoms with E-state index in [0.717, 1.165) is 24.7 Å². The minimum Gasteiger partial charge on any atom is -0.303 e. The van der Waals surface area contributed by atoms with Crippen LogP contribution in [-0.2, 0) is 4.79 Å². The van der Waals surface area contributed by atoms with Gasteiger partial charge in [0, 0.05) is 5.92 Å². The third kappa shape index (κ3) is 2.74. The molecule has 17 heavy (non-hydrogen) atoms. The highest BCUT2D eigenvalue weighted by atomic mass is 16.1. The number of aldehydes is 1. The number of nitrogens with zero attached hydrogens (tertiary/aromatic N) is 1. The summed E-state index contributed by atoms with van der Waals surface area (Å²) in [5.41, 5.74) is 1.72. The topological polar surface area (TPSA) is 40.9 Å². The van der Waals surface area contributed by atoms with E-state index in [1.807, 2.05) is 12.1 Å². The zero-order valence-corrected chi connectivity index (χ0v) is 9.93. The molecular weight excluding hydrogens is 210 g/mol. The number of carbonyl (C=O) groups excluding carboxylic acids is 1. The molecule has 0 aliphatic heterocycles. The summed E-state index contributed by atoms with van der Waals surface area (Å²) in [6, 6.07) is 9.55.